The predicted molar refractivity (Wildman–Crippen MR) is 169 cm³/mol. The molecule has 5 aliphatic rings. The van der Waals surface area contributed by atoms with Gasteiger partial charge in [-0.25, -0.2) is 0 Å². The third-order valence-electron chi connectivity index (χ3n) is 11.7. The topological polar surface area (TPSA) is 62.2 Å². The molecule has 1 amide bonds. The minimum atomic E-state index is -0.112. The zero-order valence-electron chi connectivity index (χ0n) is 26.2. The van der Waals surface area contributed by atoms with Gasteiger partial charge in [0.2, 0.25) is 5.91 Å². The van der Waals surface area contributed by atoms with Gasteiger partial charge in [-0.3, -0.25) is 9.69 Å². The lowest BCUT2D eigenvalue weighted by Gasteiger charge is -2.60. The largest absolute Gasteiger partial charge is 0.493 e. The molecule has 3 fully saturated rings. The SMILES string of the molecule is CCN(C(=O)CCCCCCCc1ccccc1)[C@@H]1CC[C@H]2[C@H]3Cc4ccc(OC)c5c4[C@@]2(CCN3CC2CC2O)[C@H]1O5. The van der Waals surface area contributed by atoms with E-state index in [1.54, 1.807) is 7.11 Å². The molecule has 7 rings (SSSR count). The first-order valence-electron chi connectivity index (χ1n) is 17.2. The fraction of sp³-hybridized carbons (Fsp3) is 0.649. The number of aliphatic hydroxyl groups is 1. The highest BCUT2D eigenvalue weighted by molar-refractivity contribution is 5.77. The van der Waals surface area contributed by atoms with Crippen LogP contribution in [0.4, 0.5) is 0 Å². The summed E-state index contributed by atoms with van der Waals surface area (Å²) in [5.74, 6) is 3.04. The molecule has 6 nitrogen and oxygen atoms in total. The number of hydrogen-bond acceptors (Lipinski definition) is 5. The number of piperidine rings is 1. The molecule has 43 heavy (non-hydrogen) atoms. The second-order valence-corrected chi connectivity index (χ2v) is 14.0. The molecule has 2 unspecified atom stereocenters. The van der Waals surface area contributed by atoms with Crippen LogP contribution in [0, 0.1) is 11.8 Å². The number of amides is 1. The molecule has 6 heteroatoms. The van der Waals surface area contributed by atoms with Crippen LogP contribution in [0.1, 0.15) is 87.8 Å². The van der Waals surface area contributed by atoms with E-state index in [0.717, 1.165) is 82.5 Å². The molecule has 1 saturated heterocycles. The number of carbonyl (C=O) groups excluding carboxylic acids is 1. The van der Waals surface area contributed by atoms with Crippen molar-refractivity contribution in [1.82, 2.24) is 9.80 Å². The lowest BCUT2D eigenvalue weighted by atomic mass is 9.51. The predicted octanol–water partition coefficient (Wildman–Crippen LogP) is 5.92. The first-order chi connectivity index (χ1) is 21.0. The maximum atomic E-state index is 13.8. The van der Waals surface area contributed by atoms with Crippen LogP contribution in [-0.4, -0.2) is 71.8 Å². The van der Waals surface area contributed by atoms with Crippen molar-refractivity contribution in [3.63, 3.8) is 0 Å². The molecule has 2 aromatic rings. The van der Waals surface area contributed by atoms with Crippen molar-refractivity contribution in [1.29, 1.82) is 0 Å². The van der Waals surface area contributed by atoms with Gasteiger partial charge in [0.15, 0.2) is 11.5 Å². The number of aliphatic hydroxyl groups excluding tert-OH is 1. The smallest absolute Gasteiger partial charge is 0.222 e. The summed E-state index contributed by atoms with van der Waals surface area (Å²) in [6.45, 7) is 4.93. The lowest BCUT2D eigenvalue weighted by Crippen LogP contribution is -2.69. The Bertz CT molecular complexity index is 1300. The summed E-state index contributed by atoms with van der Waals surface area (Å²) in [7, 11) is 1.74. The molecule has 2 aliphatic heterocycles. The number of carbonyl (C=O) groups is 1. The van der Waals surface area contributed by atoms with Gasteiger partial charge in [-0.1, -0.05) is 55.7 Å². The van der Waals surface area contributed by atoms with Gasteiger partial charge < -0.3 is 19.5 Å². The monoisotopic (exact) mass is 586 g/mol. The minimum Gasteiger partial charge on any atom is -0.493 e. The maximum Gasteiger partial charge on any atom is 0.222 e. The van der Waals surface area contributed by atoms with E-state index in [-0.39, 0.29) is 23.7 Å². The molecule has 0 aromatic heterocycles. The summed E-state index contributed by atoms with van der Waals surface area (Å²) in [6.07, 6.45) is 12.5. The van der Waals surface area contributed by atoms with Crippen molar-refractivity contribution >= 4 is 5.91 Å². The minimum absolute atomic E-state index is 0.0188. The Morgan fingerprint density at radius 3 is 2.65 bits per heavy atom. The first-order valence-corrected chi connectivity index (χ1v) is 17.2. The molecule has 2 aromatic carbocycles. The number of hydrogen-bond donors (Lipinski definition) is 1. The number of rotatable bonds is 13. The molecule has 3 aliphatic carbocycles. The van der Waals surface area contributed by atoms with Gasteiger partial charge in [0.1, 0.15) is 6.10 Å². The van der Waals surface area contributed by atoms with Gasteiger partial charge in [-0.15, -0.1) is 0 Å². The van der Waals surface area contributed by atoms with E-state index in [1.165, 1.54) is 36.0 Å². The lowest BCUT2D eigenvalue weighted by molar-refractivity contribution is -0.142. The van der Waals surface area contributed by atoms with E-state index >= 15 is 0 Å². The summed E-state index contributed by atoms with van der Waals surface area (Å²) in [4.78, 5) is 18.7. The van der Waals surface area contributed by atoms with E-state index in [1.807, 2.05) is 0 Å². The fourth-order valence-corrected chi connectivity index (χ4v) is 9.54. The number of unbranched alkanes of at least 4 members (excludes halogenated alkanes) is 4. The fourth-order valence-electron chi connectivity index (χ4n) is 9.54. The molecule has 7 atom stereocenters. The zero-order chi connectivity index (χ0) is 29.6. The number of likely N-dealkylation sites (N-methyl/N-ethyl adjacent to an activating group) is 1. The van der Waals surface area contributed by atoms with Crippen molar-refractivity contribution in [2.24, 2.45) is 11.8 Å². The Hall–Kier alpha value is -2.57. The quantitative estimate of drug-likeness (QED) is 0.296. The highest BCUT2D eigenvalue weighted by Crippen LogP contribution is 2.64. The van der Waals surface area contributed by atoms with Crippen molar-refractivity contribution in [3.8, 4) is 11.5 Å². The van der Waals surface area contributed by atoms with E-state index in [0.29, 0.717) is 30.2 Å². The molecule has 1 N–H and O–H groups in total. The van der Waals surface area contributed by atoms with E-state index in [2.05, 4.69) is 59.2 Å². The molecule has 0 radical (unpaired) electrons. The molecule has 1 spiro atoms. The zero-order valence-corrected chi connectivity index (χ0v) is 26.2. The van der Waals surface area contributed by atoms with Crippen LogP contribution in [0.15, 0.2) is 42.5 Å². The van der Waals surface area contributed by atoms with Gasteiger partial charge in [-0.2, -0.15) is 0 Å². The first kappa shape index (κ1) is 29.2. The molecule has 2 heterocycles. The summed E-state index contributed by atoms with van der Waals surface area (Å²) < 4.78 is 12.9. The van der Waals surface area contributed by atoms with Gasteiger partial charge in [0, 0.05) is 42.4 Å². The van der Waals surface area contributed by atoms with Crippen LogP contribution < -0.4 is 9.47 Å². The van der Waals surface area contributed by atoms with Gasteiger partial charge in [0.25, 0.3) is 0 Å². The number of methoxy groups -OCH3 is 1. The number of aryl methyl sites for hydroxylation is 1. The van der Waals surface area contributed by atoms with Crippen LogP contribution in [0.25, 0.3) is 0 Å². The van der Waals surface area contributed by atoms with Crippen molar-refractivity contribution in [2.45, 2.75) is 114 Å². The number of benzene rings is 2. The summed E-state index contributed by atoms with van der Waals surface area (Å²) in [6, 6.07) is 15.7. The van der Waals surface area contributed by atoms with Crippen molar-refractivity contribution in [3.05, 3.63) is 59.2 Å². The van der Waals surface area contributed by atoms with Crippen LogP contribution >= 0.6 is 0 Å². The average Bonchev–Trinajstić information content (AvgIpc) is 3.61. The molecular formula is C37H50N2O4. The summed E-state index contributed by atoms with van der Waals surface area (Å²) in [5.41, 5.74) is 4.16. The molecular weight excluding hydrogens is 536 g/mol. The Balaban J connectivity index is 1.03. The molecule has 2 saturated carbocycles. The molecule has 2 bridgehead atoms. The van der Waals surface area contributed by atoms with E-state index in [4.69, 9.17) is 9.47 Å². The summed E-state index contributed by atoms with van der Waals surface area (Å²) >= 11 is 0. The normalized spacial score (nSPS) is 31.7. The Morgan fingerprint density at radius 2 is 1.88 bits per heavy atom. The van der Waals surface area contributed by atoms with E-state index in [9.17, 15) is 9.90 Å². The van der Waals surface area contributed by atoms with Crippen molar-refractivity contribution in [2.75, 3.05) is 26.7 Å². The Kier molecular flexibility index (Phi) is 8.19. The van der Waals surface area contributed by atoms with Crippen LogP contribution in [-0.2, 0) is 23.1 Å². The second-order valence-electron chi connectivity index (χ2n) is 14.0. The van der Waals surface area contributed by atoms with Crippen LogP contribution in [0.2, 0.25) is 0 Å². The second kappa shape index (κ2) is 12.1. The van der Waals surface area contributed by atoms with Crippen LogP contribution in [0.3, 0.4) is 0 Å². The number of nitrogens with zero attached hydrogens (tertiary/aromatic N) is 2. The highest BCUT2D eigenvalue weighted by atomic mass is 16.5. The Morgan fingerprint density at radius 1 is 1.09 bits per heavy atom. The van der Waals surface area contributed by atoms with Crippen molar-refractivity contribution < 1.29 is 19.4 Å². The third kappa shape index (κ3) is 5.16. The van der Waals surface area contributed by atoms with Crippen LogP contribution in [0.5, 0.6) is 11.5 Å². The highest BCUT2D eigenvalue weighted by Gasteiger charge is 2.66. The van der Waals surface area contributed by atoms with Gasteiger partial charge in [-0.05, 0) is 87.9 Å². The molecule has 232 valence electrons. The third-order valence-corrected chi connectivity index (χ3v) is 11.7. The average molecular weight is 587 g/mol. The van der Waals surface area contributed by atoms with E-state index < -0.39 is 0 Å². The van der Waals surface area contributed by atoms with Gasteiger partial charge in [0.05, 0.1) is 19.3 Å². The number of likely N-dealkylation sites (tertiary alicyclic amines) is 1. The summed E-state index contributed by atoms with van der Waals surface area (Å²) in [5, 5.41) is 10.1. The number of ether oxygens (including phenoxy) is 2. The standard InChI is InChI=1S/C37H50N2O4/c1-3-39(33(41)15-11-6-4-5-8-12-25-13-9-7-10-14-25)29-18-17-28-30-22-26-16-19-32(42-2)35-34(26)37(28,36(29)43-35)20-21-38(30)24-27-23-31(27)40/h7,9-10,13-14,16,19,27-31,36,40H,3-6,8,11-12,15,17-18,20-24H2,1-2H3/t27?,28-,29+,30+,31?,36-,37-/m0/s1. The van der Waals surface area contributed by atoms with Gasteiger partial charge >= 0.3 is 0 Å². The maximum absolute atomic E-state index is 13.8. The Labute approximate surface area is 257 Å².